The molecule has 0 atom stereocenters. The SMILES string of the molecule is Cc1nc(CCc2cccc(CC(=O)O)c2)cs1. The summed E-state index contributed by atoms with van der Waals surface area (Å²) in [5.41, 5.74) is 3.13. The fraction of sp³-hybridized carbons (Fsp3) is 0.286. The Kier molecular flexibility index (Phi) is 4.10. The quantitative estimate of drug-likeness (QED) is 0.900. The molecule has 18 heavy (non-hydrogen) atoms. The van der Waals surface area contributed by atoms with Crippen LogP contribution in [-0.4, -0.2) is 16.1 Å². The van der Waals surface area contributed by atoms with Crippen molar-refractivity contribution in [3.8, 4) is 0 Å². The van der Waals surface area contributed by atoms with Gasteiger partial charge in [0.1, 0.15) is 0 Å². The van der Waals surface area contributed by atoms with Gasteiger partial charge in [-0.15, -0.1) is 11.3 Å². The largest absolute Gasteiger partial charge is 0.481 e. The Morgan fingerprint density at radius 2 is 2.11 bits per heavy atom. The molecule has 0 aliphatic rings. The predicted molar refractivity (Wildman–Crippen MR) is 72.0 cm³/mol. The van der Waals surface area contributed by atoms with Crippen molar-refractivity contribution >= 4 is 17.3 Å². The van der Waals surface area contributed by atoms with Crippen LogP contribution in [0.4, 0.5) is 0 Å². The van der Waals surface area contributed by atoms with Crippen molar-refractivity contribution in [2.24, 2.45) is 0 Å². The minimum absolute atomic E-state index is 0.0870. The number of carboxylic acid groups (broad SMARTS) is 1. The number of thiazole rings is 1. The monoisotopic (exact) mass is 261 g/mol. The molecule has 4 heteroatoms. The lowest BCUT2D eigenvalue weighted by molar-refractivity contribution is -0.136. The first-order valence-corrected chi connectivity index (χ1v) is 6.72. The van der Waals surface area contributed by atoms with Gasteiger partial charge in [-0.2, -0.15) is 0 Å². The zero-order chi connectivity index (χ0) is 13.0. The predicted octanol–water partition coefficient (Wildman–Crippen LogP) is 2.86. The maximum absolute atomic E-state index is 10.7. The maximum atomic E-state index is 10.7. The van der Waals surface area contributed by atoms with Crippen LogP contribution in [0.5, 0.6) is 0 Å². The number of hydrogen-bond acceptors (Lipinski definition) is 3. The van der Waals surface area contributed by atoms with Crippen LogP contribution in [0.25, 0.3) is 0 Å². The number of benzene rings is 1. The standard InChI is InChI=1S/C14H15NO2S/c1-10-15-13(9-18-10)6-5-11-3-2-4-12(7-11)8-14(16)17/h2-4,7,9H,5-6,8H2,1H3,(H,16,17). The first kappa shape index (κ1) is 12.8. The smallest absolute Gasteiger partial charge is 0.307 e. The lowest BCUT2D eigenvalue weighted by atomic mass is 10.0. The van der Waals surface area contributed by atoms with Gasteiger partial charge in [-0.1, -0.05) is 24.3 Å². The minimum atomic E-state index is -0.790. The van der Waals surface area contributed by atoms with E-state index in [1.165, 1.54) is 5.56 Å². The van der Waals surface area contributed by atoms with Crippen LogP contribution < -0.4 is 0 Å². The normalized spacial score (nSPS) is 10.5. The molecule has 0 spiro atoms. The van der Waals surface area contributed by atoms with Gasteiger partial charge in [0.2, 0.25) is 0 Å². The molecule has 2 aromatic rings. The van der Waals surface area contributed by atoms with E-state index in [9.17, 15) is 4.79 Å². The molecule has 0 bridgehead atoms. The van der Waals surface area contributed by atoms with Crippen LogP contribution in [0.2, 0.25) is 0 Å². The molecule has 0 radical (unpaired) electrons. The van der Waals surface area contributed by atoms with E-state index in [1.807, 2.05) is 31.2 Å². The molecule has 0 saturated carbocycles. The van der Waals surface area contributed by atoms with Gasteiger partial charge in [-0.25, -0.2) is 4.98 Å². The van der Waals surface area contributed by atoms with E-state index in [0.29, 0.717) is 0 Å². The fourth-order valence-corrected chi connectivity index (χ4v) is 2.51. The number of nitrogens with zero attached hydrogens (tertiary/aromatic N) is 1. The fourth-order valence-electron chi connectivity index (χ4n) is 1.87. The molecule has 2 rings (SSSR count). The number of aliphatic carboxylic acids is 1. The van der Waals surface area contributed by atoms with Crippen molar-refractivity contribution in [3.63, 3.8) is 0 Å². The molecule has 0 fully saturated rings. The second kappa shape index (κ2) is 5.78. The van der Waals surface area contributed by atoms with Gasteiger partial charge >= 0.3 is 5.97 Å². The van der Waals surface area contributed by atoms with Crippen LogP contribution in [0, 0.1) is 6.92 Å². The van der Waals surface area contributed by atoms with E-state index in [-0.39, 0.29) is 6.42 Å². The first-order chi connectivity index (χ1) is 8.63. The minimum Gasteiger partial charge on any atom is -0.481 e. The summed E-state index contributed by atoms with van der Waals surface area (Å²) in [5, 5.41) is 11.9. The molecule has 0 unspecified atom stereocenters. The van der Waals surface area contributed by atoms with E-state index in [4.69, 9.17) is 5.11 Å². The molecule has 94 valence electrons. The molecular weight excluding hydrogens is 246 g/mol. The summed E-state index contributed by atoms with van der Waals surface area (Å²) in [7, 11) is 0. The van der Waals surface area contributed by atoms with Gasteiger partial charge in [0.25, 0.3) is 0 Å². The van der Waals surface area contributed by atoms with Crippen molar-refractivity contribution in [3.05, 3.63) is 51.5 Å². The molecule has 0 aliphatic heterocycles. The first-order valence-electron chi connectivity index (χ1n) is 5.84. The van der Waals surface area contributed by atoms with Gasteiger partial charge in [0.05, 0.1) is 17.1 Å². The van der Waals surface area contributed by atoms with E-state index in [2.05, 4.69) is 10.4 Å². The summed E-state index contributed by atoms with van der Waals surface area (Å²) in [6.07, 6.45) is 1.89. The second-order valence-electron chi connectivity index (χ2n) is 4.25. The van der Waals surface area contributed by atoms with Crippen molar-refractivity contribution in [1.82, 2.24) is 4.98 Å². The highest BCUT2D eigenvalue weighted by molar-refractivity contribution is 7.09. The van der Waals surface area contributed by atoms with Crippen molar-refractivity contribution in [1.29, 1.82) is 0 Å². The van der Waals surface area contributed by atoms with Gasteiger partial charge in [-0.05, 0) is 30.9 Å². The zero-order valence-electron chi connectivity index (χ0n) is 10.2. The molecule has 0 saturated heterocycles. The lowest BCUT2D eigenvalue weighted by Crippen LogP contribution is -2.01. The Balaban J connectivity index is 1.98. The van der Waals surface area contributed by atoms with Crippen LogP contribution in [0.1, 0.15) is 21.8 Å². The Bertz CT molecular complexity index is 548. The molecule has 3 nitrogen and oxygen atoms in total. The Labute approximate surface area is 110 Å². The van der Waals surface area contributed by atoms with E-state index in [1.54, 1.807) is 11.3 Å². The topological polar surface area (TPSA) is 50.2 Å². The Morgan fingerprint density at radius 3 is 2.78 bits per heavy atom. The lowest BCUT2D eigenvalue weighted by Gasteiger charge is -2.02. The molecule has 0 aliphatic carbocycles. The van der Waals surface area contributed by atoms with Crippen molar-refractivity contribution in [2.75, 3.05) is 0 Å². The van der Waals surface area contributed by atoms with Crippen molar-refractivity contribution < 1.29 is 9.90 Å². The number of aryl methyl sites for hydroxylation is 3. The third-order valence-corrected chi connectivity index (χ3v) is 3.51. The number of hydrogen-bond donors (Lipinski definition) is 1. The summed E-state index contributed by atoms with van der Waals surface area (Å²) >= 11 is 1.66. The third-order valence-electron chi connectivity index (χ3n) is 2.68. The number of carboxylic acids is 1. The summed E-state index contributed by atoms with van der Waals surface area (Å²) < 4.78 is 0. The summed E-state index contributed by atoms with van der Waals surface area (Å²) in [4.78, 5) is 15.1. The third kappa shape index (κ3) is 3.67. The molecular formula is C14H15NO2S. The highest BCUT2D eigenvalue weighted by atomic mass is 32.1. The molecule has 1 N–H and O–H groups in total. The highest BCUT2D eigenvalue weighted by Gasteiger charge is 2.03. The summed E-state index contributed by atoms with van der Waals surface area (Å²) in [6.45, 7) is 2.00. The van der Waals surface area contributed by atoms with Gasteiger partial charge < -0.3 is 5.11 Å². The van der Waals surface area contributed by atoms with Gasteiger partial charge in [0, 0.05) is 5.38 Å². The number of rotatable bonds is 5. The summed E-state index contributed by atoms with van der Waals surface area (Å²) in [5.74, 6) is -0.790. The molecule has 1 aromatic heterocycles. The zero-order valence-corrected chi connectivity index (χ0v) is 11.0. The average molecular weight is 261 g/mol. The number of aromatic nitrogens is 1. The Morgan fingerprint density at radius 1 is 1.33 bits per heavy atom. The van der Waals surface area contributed by atoms with E-state index in [0.717, 1.165) is 29.1 Å². The van der Waals surface area contributed by atoms with Crippen LogP contribution >= 0.6 is 11.3 Å². The molecule has 1 heterocycles. The van der Waals surface area contributed by atoms with Crippen LogP contribution in [0.3, 0.4) is 0 Å². The number of carbonyl (C=O) groups is 1. The van der Waals surface area contributed by atoms with Crippen LogP contribution in [-0.2, 0) is 24.1 Å². The molecule has 0 amide bonds. The second-order valence-corrected chi connectivity index (χ2v) is 5.31. The van der Waals surface area contributed by atoms with Gasteiger partial charge in [-0.3, -0.25) is 4.79 Å². The van der Waals surface area contributed by atoms with E-state index >= 15 is 0 Å². The van der Waals surface area contributed by atoms with Crippen LogP contribution in [0.15, 0.2) is 29.6 Å². The maximum Gasteiger partial charge on any atom is 0.307 e. The van der Waals surface area contributed by atoms with Gasteiger partial charge in [0.15, 0.2) is 0 Å². The van der Waals surface area contributed by atoms with Crippen molar-refractivity contribution in [2.45, 2.75) is 26.2 Å². The Hall–Kier alpha value is -1.68. The summed E-state index contributed by atoms with van der Waals surface area (Å²) in [6, 6.07) is 7.77. The highest BCUT2D eigenvalue weighted by Crippen LogP contribution is 2.12. The average Bonchev–Trinajstić information content (AvgIpc) is 2.72. The van der Waals surface area contributed by atoms with E-state index < -0.39 is 5.97 Å². The molecule has 1 aromatic carbocycles.